The molecule has 1 aromatic rings. The number of halogens is 1. The van der Waals surface area contributed by atoms with Gasteiger partial charge in [-0.05, 0) is 57.1 Å². The number of benzene rings is 1. The second-order valence-corrected chi connectivity index (χ2v) is 9.81. The molecule has 2 aliphatic carbocycles. The molecule has 1 N–H and O–H groups in total. The minimum absolute atomic E-state index is 0.00505. The van der Waals surface area contributed by atoms with Crippen molar-refractivity contribution in [2.24, 2.45) is 4.99 Å². The van der Waals surface area contributed by atoms with Gasteiger partial charge in [0.2, 0.25) is 0 Å². The lowest BCUT2D eigenvalue weighted by Crippen LogP contribution is -2.48. The molecular formula is C28H35FN4O. The first-order chi connectivity index (χ1) is 16.7. The summed E-state index contributed by atoms with van der Waals surface area (Å²) in [6.45, 7) is 2.80. The van der Waals surface area contributed by atoms with Crippen molar-refractivity contribution in [3.05, 3.63) is 65.0 Å². The monoisotopic (exact) mass is 462 g/mol. The smallest absolute Gasteiger partial charge is 0.254 e. The number of aliphatic imine (C=N–C) groups is 1. The number of piperidine rings is 1. The van der Waals surface area contributed by atoms with Gasteiger partial charge in [0, 0.05) is 31.2 Å². The molecule has 0 unspecified atom stereocenters. The Morgan fingerprint density at radius 3 is 2.65 bits per heavy atom. The van der Waals surface area contributed by atoms with Crippen LogP contribution in [0.1, 0.15) is 63.4 Å². The van der Waals surface area contributed by atoms with Crippen LogP contribution in [0.4, 0.5) is 4.39 Å². The number of guanidine groups is 1. The molecule has 1 saturated heterocycles. The van der Waals surface area contributed by atoms with Gasteiger partial charge in [-0.15, -0.1) is 0 Å². The second kappa shape index (κ2) is 10.6. The molecule has 180 valence electrons. The predicted molar refractivity (Wildman–Crippen MR) is 135 cm³/mol. The van der Waals surface area contributed by atoms with Crippen molar-refractivity contribution in [3.63, 3.8) is 0 Å². The van der Waals surface area contributed by atoms with Gasteiger partial charge in [-0.2, -0.15) is 0 Å². The van der Waals surface area contributed by atoms with E-state index in [1.54, 1.807) is 12.1 Å². The van der Waals surface area contributed by atoms with Crippen LogP contribution in [0.2, 0.25) is 0 Å². The van der Waals surface area contributed by atoms with Crippen LogP contribution in [-0.2, 0) is 4.79 Å². The van der Waals surface area contributed by atoms with E-state index in [9.17, 15) is 9.18 Å². The van der Waals surface area contributed by atoms with Crippen molar-refractivity contribution < 1.29 is 9.18 Å². The molecule has 4 aliphatic rings. The number of rotatable bonds is 5. The number of nitrogens with one attached hydrogen (secondary N) is 1. The van der Waals surface area contributed by atoms with E-state index in [-0.39, 0.29) is 24.3 Å². The number of hydrogen-bond acceptors (Lipinski definition) is 4. The van der Waals surface area contributed by atoms with Crippen LogP contribution >= 0.6 is 0 Å². The Hall–Kier alpha value is -2.89. The van der Waals surface area contributed by atoms with Gasteiger partial charge in [0.25, 0.3) is 5.91 Å². The lowest BCUT2D eigenvalue weighted by atomic mass is 10.00. The van der Waals surface area contributed by atoms with E-state index < -0.39 is 0 Å². The molecule has 0 bridgehead atoms. The maximum absolute atomic E-state index is 15.0. The fourth-order valence-electron chi connectivity index (χ4n) is 5.57. The minimum atomic E-state index is -0.317. The summed E-state index contributed by atoms with van der Waals surface area (Å²) in [5.41, 5.74) is 2.89. The Morgan fingerprint density at radius 1 is 1.12 bits per heavy atom. The van der Waals surface area contributed by atoms with Crippen molar-refractivity contribution in [2.45, 2.75) is 63.8 Å². The van der Waals surface area contributed by atoms with Gasteiger partial charge in [-0.1, -0.05) is 48.8 Å². The second-order valence-electron chi connectivity index (χ2n) is 9.81. The lowest BCUT2D eigenvalue weighted by Gasteiger charge is -2.35. The molecule has 0 aromatic heterocycles. The van der Waals surface area contributed by atoms with Gasteiger partial charge in [-0.25, -0.2) is 9.38 Å². The summed E-state index contributed by atoms with van der Waals surface area (Å²) in [5.74, 6) is 0.444. The van der Waals surface area contributed by atoms with Crippen LogP contribution in [0.25, 0.3) is 5.70 Å². The van der Waals surface area contributed by atoms with Crippen LogP contribution in [-0.4, -0.2) is 53.9 Å². The Balaban J connectivity index is 1.48. The molecule has 6 heteroatoms. The van der Waals surface area contributed by atoms with Gasteiger partial charge in [0.1, 0.15) is 5.82 Å². The van der Waals surface area contributed by atoms with E-state index in [0.29, 0.717) is 23.4 Å². The predicted octanol–water partition coefficient (Wildman–Crippen LogP) is 5.03. The fourth-order valence-corrected chi connectivity index (χ4v) is 5.57. The summed E-state index contributed by atoms with van der Waals surface area (Å²) in [7, 11) is 0. The van der Waals surface area contributed by atoms with Crippen LogP contribution in [0, 0.1) is 5.82 Å². The zero-order valence-corrected chi connectivity index (χ0v) is 19.9. The highest BCUT2D eigenvalue weighted by atomic mass is 19.1. The number of amides is 1. The molecule has 0 radical (unpaired) electrons. The van der Waals surface area contributed by atoms with E-state index in [0.717, 1.165) is 70.4 Å². The van der Waals surface area contributed by atoms with Crippen LogP contribution in [0.15, 0.2) is 58.6 Å². The average Bonchev–Trinajstić information content (AvgIpc) is 3.43. The van der Waals surface area contributed by atoms with E-state index >= 15 is 0 Å². The number of likely N-dealkylation sites (tertiary alicyclic amines) is 1. The van der Waals surface area contributed by atoms with Crippen molar-refractivity contribution in [3.8, 4) is 0 Å². The molecule has 2 heterocycles. The zero-order chi connectivity index (χ0) is 23.3. The highest BCUT2D eigenvalue weighted by Crippen LogP contribution is 2.30. The van der Waals surface area contributed by atoms with E-state index in [2.05, 4.69) is 33.3 Å². The largest absolute Gasteiger partial charge is 0.343 e. The molecule has 34 heavy (non-hydrogen) atoms. The topological polar surface area (TPSA) is 47.9 Å². The van der Waals surface area contributed by atoms with Gasteiger partial charge >= 0.3 is 0 Å². The Kier molecular flexibility index (Phi) is 7.12. The summed E-state index contributed by atoms with van der Waals surface area (Å²) in [4.78, 5) is 23.2. The molecular weight excluding hydrogens is 427 g/mol. The molecule has 1 amide bonds. The summed E-state index contributed by atoms with van der Waals surface area (Å²) in [6.07, 6.45) is 16.3. The molecule has 2 aliphatic heterocycles. The minimum Gasteiger partial charge on any atom is -0.343 e. The number of carbonyl (C=O) groups excluding carboxylic acids is 1. The Bertz CT molecular complexity index is 1030. The van der Waals surface area contributed by atoms with E-state index in [4.69, 9.17) is 4.99 Å². The third-order valence-corrected chi connectivity index (χ3v) is 7.48. The summed E-state index contributed by atoms with van der Waals surface area (Å²) >= 11 is 0. The van der Waals surface area contributed by atoms with Crippen molar-refractivity contribution in [2.75, 3.05) is 26.2 Å². The van der Waals surface area contributed by atoms with Gasteiger partial charge in [-0.3, -0.25) is 4.79 Å². The summed E-state index contributed by atoms with van der Waals surface area (Å²) < 4.78 is 15.0. The maximum Gasteiger partial charge on any atom is 0.254 e. The third kappa shape index (κ3) is 4.96. The van der Waals surface area contributed by atoms with Crippen LogP contribution in [0.5, 0.6) is 0 Å². The van der Waals surface area contributed by atoms with E-state index in [1.165, 1.54) is 18.1 Å². The summed E-state index contributed by atoms with van der Waals surface area (Å²) in [5, 5.41) is 3.40. The molecule has 0 spiro atoms. The van der Waals surface area contributed by atoms with Crippen molar-refractivity contribution in [1.29, 1.82) is 0 Å². The third-order valence-electron chi connectivity index (χ3n) is 7.48. The quantitative estimate of drug-likeness (QED) is 0.668. The van der Waals surface area contributed by atoms with Crippen molar-refractivity contribution >= 4 is 17.6 Å². The normalized spacial score (nSPS) is 21.3. The number of nitrogens with zero attached hydrogens (tertiary/aromatic N) is 3. The molecule has 1 aromatic carbocycles. The lowest BCUT2D eigenvalue weighted by molar-refractivity contribution is -0.128. The maximum atomic E-state index is 15.0. The summed E-state index contributed by atoms with van der Waals surface area (Å²) in [6, 6.07) is 6.98. The number of hydrogen-bond donors (Lipinski definition) is 1. The highest BCUT2D eigenvalue weighted by Gasteiger charge is 2.33. The van der Waals surface area contributed by atoms with Gasteiger partial charge in [0.05, 0.1) is 17.8 Å². The first-order valence-electron chi connectivity index (χ1n) is 12.9. The van der Waals surface area contributed by atoms with Crippen LogP contribution in [0.3, 0.4) is 0 Å². The molecule has 2 fully saturated rings. The molecule has 0 atom stereocenters. The highest BCUT2D eigenvalue weighted by molar-refractivity contribution is 6.06. The van der Waals surface area contributed by atoms with Gasteiger partial charge in [0.15, 0.2) is 5.96 Å². The number of allylic oxidation sites excluding steroid dienone is 3. The van der Waals surface area contributed by atoms with Crippen LogP contribution < -0.4 is 5.32 Å². The van der Waals surface area contributed by atoms with Crippen molar-refractivity contribution in [1.82, 2.24) is 15.1 Å². The Labute approximate surface area is 202 Å². The van der Waals surface area contributed by atoms with Gasteiger partial charge < -0.3 is 15.1 Å². The molecule has 5 nitrogen and oxygen atoms in total. The SMILES string of the molecule is O=C(C1=C(c2ccccc2F)NC(N2CCCCC2)=NC1)N(CC1=CC=CCC1)C1CCCC1. The zero-order valence-electron chi connectivity index (χ0n) is 19.9. The van der Waals surface area contributed by atoms with E-state index in [1.807, 2.05) is 6.07 Å². The first-order valence-corrected chi connectivity index (χ1v) is 12.9. The Morgan fingerprint density at radius 2 is 1.91 bits per heavy atom. The fraction of sp³-hybridized carbons (Fsp3) is 0.500. The number of carbonyl (C=O) groups is 1. The molecule has 1 saturated carbocycles. The standard InChI is InChI=1S/C28H35FN4O/c29-25-16-8-7-15-23(25)26-24(19-30-28(31-26)32-17-9-2-10-18-32)27(34)33(22-13-5-6-14-22)20-21-11-3-1-4-12-21/h1,3,7-8,11,15-16,22H,2,4-6,9-10,12-14,17-20H2,(H,30,31). The molecule has 5 rings (SSSR count). The first kappa shape index (κ1) is 22.9. The average molecular weight is 463 g/mol.